The van der Waals surface area contributed by atoms with Gasteiger partial charge in [0.25, 0.3) is 0 Å². The van der Waals surface area contributed by atoms with Crippen molar-refractivity contribution in [1.82, 2.24) is 0 Å². The first-order chi connectivity index (χ1) is 17.9. The van der Waals surface area contributed by atoms with Crippen LogP contribution in [0.2, 0.25) is 0 Å². The van der Waals surface area contributed by atoms with Gasteiger partial charge in [-0.1, -0.05) is 97.1 Å². The summed E-state index contributed by atoms with van der Waals surface area (Å²) in [7, 11) is 0. The van der Waals surface area contributed by atoms with Crippen LogP contribution in [0.15, 0.2) is 121 Å². The molecule has 36 heavy (non-hydrogen) atoms. The molecule has 168 valence electrons. The number of benzene rings is 6. The molecular weight excluding hydrogens is 473 g/mol. The third kappa shape index (κ3) is 2.80. The van der Waals surface area contributed by atoms with Crippen LogP contribution in [0.3, 0.4) is 0 Å². The van der Waals surface area contributed by atoms with Gasteiger partial charge in [0.2, 0.25) is 0 Å². The molecule has 2 heteroatoms. The fourth-order valence-electron chi connectivity index (χ4n) is 5.88. The Bertz CT molecular complexity index is 2030. The van der Waals surface area contributed by atoms with E-state index in [1.165, 1.54) is 74.1 Å². The minimum atomic E-state index is 1.26. The molecule has 8 aromatic rings. The highest BCUT2D eigenvalue weighted by Crippen LogP contribution is 2.49. The Morgan fingerprint density at radius 3 is 1.72 bits per heavy atom. The number of hydrogen-bond donors (Lipinski definition) is 0. The van der Waals surface area contributed by atoms with Gasteiger partial charge in [-0.2, -0.15) is 0 Å². The van der Waals surface area contributed by atoms with E-state index in [4.69, 9.17) is 0 Å². The van der Waals surface area contributed by atoms with Crippen molar-refractivity contribution in [3.8, 4) is 22.3 Å². The molecule has 0 N–H and O–H groups in total. The van der Waals surface area contributed by atoms with Crippen LogP contribution >= 0.6 is 22.7 Å². The average Bonchev–Trinajstić information content (AvgIpc) is 3.56. The van der Waals surface area contributed by atoms with Crippen molar-refractivity contribution in [2.45, 2.75) is 0 Å². The van der Waals surface area contributed by atoms with E-state index in [2.05, 4.69) is 121 Å². The minimum Gasteiger partial charge on any atom is -0.143 e. The molecule has 0 aliphatic carbocycles. The largest absolute Gasteiger partial charge is 0.143 e. The second-order valence-electron chi connectivity index (χ2n) is 9.27. The zero-order valence-electron chi connectivity index (χ0n) is 19.4. The van der Waals surface area contributed by atoms with Crippen molar-refractivity contribution < 1.29 is 0 Å². The predicted molar refractivity (Wildman–Crippen MR) is 161 cm³/mol. The maximum atomic E-state index is 2.45. The Balaban J connectivity index is 1.58. The van der Waals surface area contributed by atoms with E-state index in [1.54, 1.807) is 0 Å². The molecule has 0 fully saturated rings. The number of hydrogen-bond acceptors (Lipinski definition) is 2. The highest BCUT2D eigenvalue weighted by Gasteiger charge is 2.20. The summed E-state index contributed by atoms with van der Waals surface area (Å²) in [6, 6.07) is 42.3. The van der Waals surface area contributed by atoms with Gasteiger partial charge >= 0.3 is 0 Å². The zero-order chi connectivity index (χ0) is 23.6. The molecule has 2 heterocycles. The molecule has 0 radical (unpaired) electrons. The average molecular weight is 493 g/mol. The molecule has 0 atom stereocenters. The van der Waals surface area contributed by atoms with Crippen LogP contribution in [0.4, 0.5) is 0 Å². The van der Waals surface area contributed by atoms with Crippen molar-refractivity contribution >= 4 is 74.5 Å². The summed E-state index contributed by atoms with van der Waals surface area (Å²) in [6.45, 7) is 0. The van der Waals surface area contributed by atoms with Gasteiger partial charge in [-0.05, 0) is 61.8 Å². The van der Waals surface area contributed by atoms with Crippen molar-refractivity contribution in [3.05, 3.63) is 121 Å². The lowest BCUT2D eigenvalue weighted by atomic mass is 9.85. The molecular formula is C34H20S2. The molecule has 0 spiro atoms. The molecule has 0 aliphatic heterocycles. The number of thiophene rings is 2. The van der Waals surface area contributed by atoms with Crippen LogP contribution in [0.1, 0.15) is 0 Å². The molecule has 0 unspecified atom stereocenters. The smallest absolute Gasteiger partial charge is 0.0428 e. The van der Waals surface area contributed by atoms with E-state index in [0.29, 0.717) is 0 Å². The summed E-state index contributed by atoms with van der Waals surface area (Å²) < 4.78 is 4.08. The van der Waals surface area contributed by atoms with Crippen LogP contribution in [0.5, 0.6) is 0 Å². The summed E-state index contributed by atoms with van der Waals surface area (Å²) in [4.78, 5) is 0. The lowest BCUT2D eigenvalue weighted by molar-refractivity contribution is 1.67. The minimum absolute atomic E-state index is 1.26. The third-order valence-corrected chi connectivity index (χ3v) is 9.41. The van der Waals surface area contributed by atoms with Gasteiger partial charge in [0.15, 0.2) is 0 Å². The van der Waals surface area contributed by atoms with Crippen LogP contribution < -0.4 is 0 Å². The second-order valence-corrected chi connectivity index (χ2v) is 11.3. The van der Waals surface area contributed by atoms with E-state index in [-0.39, 0.29) is 0 Å². The van der Waals surface area contributed by atoms with E-state index in [0.717, 1.165) is 0 Å². The SMILES string of the molecule is c1ccc(-c2c3ccccc3c(-c3cc4sc5ccccc5c4c4ccsc34)c3ccccc23)cc1. The molecule has 0 saturated heterocycles. The highest BCUT2D eigenvalue weighted by molar-refractivity contribution is 7.26. The van der Waals surface area contributed by atoms with Crippen LogP contribution in [0.25, 0.3) is 74.1 Å². The Hall–Kier alpha value is -3.98. The molecule has 0 aliphatic rings. The second kappa shape index (κ2) is 7.76. The fraction of sp³-hybridized carbons (Fsp3) is 0. The van der Waals surface area contributed by atoms with Gasteiger partial charge in [-0.3, -0.25) is 0 Å². The maximum Gasteiger partial charge on any atom is 0.0428 e. The van der Waals surface area contributed by atoms with E-state index in [9.17, 15) is 0 Å². The number of fused-ring (bicyclic) bond motifs is 7. The number of rotatable bonds is 2. The maximum absolute atomic E-state index is 2.45. The van der Waals surface area contributed by atoms with Gasteiger partial charge < -0.3 is 0 Å². The first-order valence-electron chi connectivity index (χ1n) is 12.2. The lowest BCUT2D eigenvalue weighted by Gasteiger charge is -2.18. The first kappa shape index (κ1) is 20.2. The standard InChI is InChI=1S/C34H20S2/c1-2-10-21(11-3-1)31-22-12-4-6-14-24(22)32(25-15-7-5-13-23(25)31)28-20-30-33(27-18-19-35-34(27)28)26-16-8-9-17-29(26)36-30/h1-20H. The van der Waals surface area contributed by atoms with E-state index >= 15 is 0 Å². The zero-order valence-corrected chi connectivity index (χ0v) is 21.0. The summed E-state index contributed by atoms with van der Waals surface area (Å²) in [6.07, 6.45) is 0. The predicted octanol–water partition coefficient (Wildman–Crippen LogP) is 10.9. The summed E-state index contributed by atoms with van der Waals surface area (Å²) >= 11 is 3.76. The summed E-state index contributed by atoms with van der Waals surface area (Å²) in [5.74, 6) is 0. The van der Waals surface area contributed by atoms with Gasteiger partial charge in [-0.15, -0.1) is 22.7 Å². The van der Waals surface area contributed by atoms with Gasteiger partial charge in [0, 0.05) is 35.8 Å². The lowest BCUT2D eigenvalue weighted by Crippen LogP contribution is -1.91. The van der Waals surface area contributed by atoms with Gasteiger partial charge in [0.1, 0.15) is 0 Å². The molecule has 6 aromatic carbocycles. The molecule has 0 nitrogen and oxygen atoms in total. The Morgan fingerprint density at radius 2 is 1.03 bits per heavy atom. The van der Waals surface area contributed by atoms with Crippen LogP contribution in [-0.2, 0) is 0 Å². The Labute approximate surface area is 216 Å². The molecule has 2 aromatic heterocycles. The third-order valence-electron chi connectivity index (χ3n) is 7.34. The van der Waals surface area contributed by atoms with Crippen LogP contribution in [-0.4, -0.2) is 0 Å². The van der Waals surface area contributed by atoms with Gasteiger partial charge in [0.05, 0.1) is 0 Å². The topological polar surface area (TPSA) is 0 Å². The van der Waals surface area contributed by atoms with E-state index in [1.807, 2.05) is 22.7 Å². The summed E-state index contributed by atoms with van der Waals surface area (Å²) in [5.41, 5.74) is 5.26. The van der Waals surface area contributed by atoms with Gasteiger partial charge in [-0.25, -0.2) is 0 Å². The molecule has 0 saturated carbocycles. The quantitative estimate of drug-likeness (QED) is 0.211. The molecule has 0 amide bonds. The van der Waals surface area contributed by atoms with E-state index < -0.39 is 0 Å². The monoisotopic (exact) mass is 492 g/mol. The molecule has 8 rings (SSSR count). The highest BCUT2D eigenvalue weighted by atomic mass is 32.1. The van der Waals surface area contributed by atoms with Crippen molar-refractivity contribution in [2.24, 2.45) is 0 Å². The molecule has 0 bridgehead atoms. The normalized spacial score (nSPS) is 11.9. The Kier molecular flexibility index (Phi) is 4.36. The van der Waals surface area contributed by atoms with Crippen molar-refractivity contribution in [3.63, 3.8) is 0 Å². The first-order valence-corrected chi connectivity index (χ1v) is 13.9. The fourth-order valence-corrected chi connectivity index (χ4v) is 7.96. The Morgan fingerprint density at radius 1 is 0.444 bits per heavy atom. The van der Waals surface area contributed by atoms with Crippen molar-refractivity contribution in [1.29, 1.82) is 0 Å². The summed E-state index contributed by atoms with van der Waals surface area (Å²) in [5, 5.41) is 11.6. The van der Waals surface area contributed by atoms with Crippen molar-refractivity contribution in [2.75, 3.05) is 0 Å². The van der Waals surface area contributed by atoms with Crippen LogP contribution in [0, 0.1) is 0 Å².